The molecule has 12 amide bonds. The van der Waals surface area contributed by atoms with E-state index in [1.165, 1.54) is 40.5 Å². The Balaban J connectivity index is 1.16. The molecule has 0 bridgehead atoms. The van der Waals surface area contributed by atoms with Crippen molar-refractivity contribution in [2.75, 3.05) is 32.7 Å². The van der Waals surface area contributed by atoms with Gasteiger partial charge >= 0.3 is 29.8 Å². The lowest BCUT2D eigenvalue weighted by atomic mass is 9.96. The normalized spacial score (nSPS) is 17.7. The highest BCUT2D eigenvalue weighted by molar-refractivity contribution is 7.09. The number of carbonyl (C=O) groups is 17. The van der Waals surface area contributed by atoms with E-state index in [1.807, 2.05) is 17.5 Å². The van der Waals surface area contributed by atoms with E-state index in [9.17, 15) is 112 Å². The molecule has 1 aromatic heterocycles. The predicted octanol–water partition coefficient (Wildman–Crippen LogP) is 0.0982. The van der Waals surface area contributed by atoms with Crippen molar-refractivity contribution in [1.29, 1.82) is 0 Å². The van der Waals surface area contributed by atoms with Crippen LogP contribution in [0.5, 0.6) is 5.75 Å². The number of aromatic hydroxyl groups is 1. The van der Waals surface area contributed by atoms with Crippen LogP contribution >= 0.6 is 11.3 Å². The molecular weight excluding hydrogens is 1560 g/mol. The van der Waals surface area contributed by atoms with Gasteiger partial charge in [-0.15, -0.1) is 11.3 Å². The topological polar surface area (TPSA) is 620 Å². The average molecular weight is 1680 g/mol. The van der Waals surface area contributed by atoms with Crippen molar-refractivity contribution in [1.82, 2.24) is 62.6 Å². The summed E-state index contributed by atoms with van der Waals surface area (Å²) in [6.45, 7) is 5.36. The first kappa shape index (κ1) is 97.5. The summed E-state index contributed by atoms with van der Waals surface area (Å²) in [4.78, 5) is 236. The summed E-state index contributed by atoms with van der Waals surface area (Å²) in [6, 6.07) is -7.27. The monoisotopic (exact) mass is 1680 g/mol. The summed E-state index contributed by atoms with van der Waals surface area (Å²) in [5, 5.41) is 83.0. The number of aliphatic imine (C=N–C) groups is 1. The van der Waals surface area contributed by atoms with Crippen molar-refractivity contribution in [3.8, 4) is 5.75 Å². The molecule has 0 aliphatic carbocycles. The molecule has 5 rings (SSSR count). The Kier molecular flexibility index (Phi) is 41.8. The molecule has 39 nitrogen and oxygen atoms in total. The summed E-state index contributed by atoms with van der Waals surface area (Å²) in [6.07, 6.45) is 5.31. The first-order chi connectivity index (χ1) is 56.1. The Morgan fingerprint density at radius 1 is 0.483 bits per heavy atom. The molecule has 0 saturated carbocycles. The third-order valence-electron chi connectivity index (χ3n) is 20.9. The van der Waals surface area contributed by atoms with Crippen molar-refractivity contribution in [2.45, 2.75) is 279 Å². The van der Waals surface area contributed by atoms with Gasteiger partial charge in [-0.1, -0.05) is 83.4 Å². The van der Waals surface area contributed by atoms with E-state index >= 15 is 0 Å². The summed E-state index contributed by atoms with van der Waals surface area (Å²) >= 11 is 1.46. The molecule has 1 aromatic carbocycles. The van der Waals surface area contributed by atoms with Crippen LogP contribution in [0.2, 0.25) is 0 Å². The lowest BCUT2D eigenvalue weighted by Crippen LogP contribution is -2.61. The molecule has 118 heavy (non-hydrogen) atoms. The molecule has 3 aliphatic rings. The Bertz CT molecular complexity index is 3790. The Morgan fingerprint density at radius 2 is 0.958 bits per heavy atom. The Morgan fingerprint density at radius 3 is 1.51 bits per heavy atom. The van der Waals surface area contributed by atoms with Gasteiger partial charge in [0.05, 0.1) is 12.5 Å². The molecule has 40 heteroatoms. The standard InChI is InChI=1S/C78H118N16O23S/c1-4-45(2)65(76(115)94-40-18-23-58(94)71(110)87-52(31-34-62(99)100)68(107)86-51(30-33-61(97)98)67(106)84-46(3)77(116)117)91-73(112)59-24-17-39-93(59)75(114)53(32-35-63(101)102)88-69(108)54(42-47-26-28-48(95)29-27-47)89-70(109)56(44-64(103)104)85-60(96)25-12-10-8-6-5-7-9-11-14-36-82-66(105)55(43-49-20-19-41-118-49)90-72(111)57-22-13-15-38-92(57)74(113)50(79)21-16-37-83-78(80)81/h19-20,26-29,41,45-46,50-59,65,95H,4-18,21-25,30-40,42-44,79H2,1-3H3,(H,82,105)(H,84,106)(H,85,96)(H,86,107)(H,87,110)(H,88,108)(H,89,109)(H,90,111)(H,91,112)(H,97,98)(H,99,100)(H,101,102)(H,103,104)(H,116,117)(H4,80,81,83)/t45-,46-,50-,51-,52-,53-,54-,55-,56-,57+,58-,59-,65-/m0/s1. The molecule has 3 saturated heterocycles. The Labute approximate surface area is 688 Å². The summed E-state index contributed by atoms with van der Waals surface area (Å²) in [7, 11) is 0. The van der Waals surface area contributed by atoms with Crippen molar-refractivity contribution >= 4 is 118 Å². The average Bonchev–Trinajstić information content (AvgIpc) is 1.58. The van der Waals surface area contributed by atoms with E-state index in [1.54, 1.807) is 13.8 Å². The van der Waals surface area contributed by atoms with Crippen molar-refractivity contribution in [2.24, 2.45) is 28.1 Å². The van der Waals surface area contributed by atoms with Crippen LogP contribution in [-0.2, 0) is 94.3 Å². The van der Waals surface area contributed by atoms with Crippen LogP contribution in [0.25, 0.3) is 0 Å². The third-order valence-corrected chi connectivity index (χ3v) is 21.8. The number of hydrogen-bond acceptors (Lipinski definition) is 21. The zero-order chi connectivity index (χ0) is 87.1. The van der Waals surface area contributed by atoms with Crippen molar-refractivity contribution in [3.63, 3.8) is 0 Å². The van der Waals surface area contributed by atoms with Gasteiger partial charge in [0.15, 0.2) is 5.96 Å². The lowest BCUT2D eigenvalue weighted by molar-refractivity contribution is -0.146. The maximum Gasteiger partial charge on any atom is 0.325 e. The first-order valence-corrected chi connectivity index (χ1v) is 41.3. The number of amides is 12. The number of likely N-dealkylation sites (tertiary alicyclic amines) is 3. The molecule has 13 atom stereocenters. The van der Waals surface area contributed by atoms with E-state index in [-0.39, 0.29) is 88.0 Å². The molecule has 2 aromatic rings. The van der Waals surface area contributed by atoms with Gasteiger partial charge in [-0.25, -0.2) is 0 Å². The van der Waals surface area contributed by atoms with E-state index in [4.69, 9.17) is 17.2 Å². The number of carboxylic acid groups (broad SMARTS) is 5. The fraction of sp³-hybridized carbons (Fsp3) is 0.641. The van der Waals surface area contributed by atoms with Crippen LogP contribution in [0, 0.1) is 5.92 Å². The van der Waals surface area contributed by atoms with Gasteiger partial charge in [0, 0.05) is 76.1 Å². The number of hydrogen-bond donors (Lipinski definition) is 18. The van der Waals surface area contributed by atoms with Crippen LogP contribution in [-0.4, -0.2) is 257 Å². The first-order valence-electron chi connectivity index (χ1n) is 40.4. The number of guanidine groups is 1. The number of carboxylic acids is 5. The molecule has 0 radical (unpaired) electrons. The van der Waals surface area contributed by atoms with Crippen molar-refractivity contribution in [3.05, 3.63) is 52.2 Å². The zero-order valence-electron chi connectivity index (χ0n) is 67.1. The van der Waals surface area contributed by atoms with Gasteiger partial charge in [-0.2, -0.15) is 0 Å². The second kappa shape index (κ2) is 50.5. The number of nitrogens with zero attached hydrogens (tertiary/aromatic N) is 4. The minimum Gasteiger partial charge on any atom is -0.508 e. The molecule has 0 unspecified atom stereocenters. The number of piperidine rings is 1. The molecule has 21 N–H and O–H groups in total. The fourth-order valence-electron chi connectivity index (χ4n) is 14.1. The highest BCUT2D eigenvalue weighted by Gasteiger charge is 2.45. The zero-order valence-corrected chi connectivity index (χ0v) is 68.0. The highest BCUT2D eigenvalue weighted by Crippen LogP contribution is 2.27. The number of nitrogens with one attached hydrogen (secondary N) is 9. The smallest absolute Gasteiger partial charge is 0.325 e. The largest absolute Gasteiger partial charge is 0.508 e. The van der Waals surface area contributed by atoms with Gasteiger partial charge in [-0.3, -0.25) is 86.5 Å². The highest BCUT2D eigenvalue weighted by atomic mass is 32.1. The van der Waals surface area contributed by atoms with Crippen LogP contribution < -0.4 is 65.1 Å². The fourth-order valence-corrected chi connectivity index (χ4v) is 14.9. The van der Waals surface area contributed by atoms with Crippen LogP contribution in [0.1, 0.15) is 205 Å². The minimum absolute atomic E-state index is 0.0114. The quantitative estimate of drug-likeness (QED) is 0.0237. The second-order valence-corrected chi connectivity index (χ2v) is 31.1. The molecular formula is C78H118N16O23S. The van der Waals surface area contributed by atoms with E-state index in [0.717, 1.165) is 66.5 Å². The lowest BCUT2D eigenvalue weighted by Gasteiger charge is -2.37. The van der Waals surface area contributed by atoms with E-state index in [2.05, 4.69) is 52.8 Å². The van der Waals surface area contributed by atoms with E-state index < -0.39 is 212 Å². The van der Waals surface area contributed by atoms with Crippen LogP contribution in [0.3, 0.4) is 0 Å². The number of nitrogens with two attached hydrogens (primary N) is 3. The molecule has 4 heterocycles. The number of thiophene rings is 1. The summed E-state index contributed by atoms with van der Waals surface area (Å²) in [5.74, 6) is -17.6. The number of benzene rings is 1. The van der Waals surface area contributed by atoms with Crippen LogP contribution in [0.15, 0.2) is 46.8 Å². The van der Waals surface area contributed by atoms with Gasteiger partial charge in [0.1, 0.15) is 72.2 Å². The Hall–Kier alpha value is -11.1. The van der Waals surface area contributed by atoms with Crippen molar-refractivity contribution < 1.29 is 112 Å². The minimum atomic E-state index is -1.72. The van der Waals surface area contributed by atoms with Gasteiger partial charge in [-0.05, 0) is 132 Å². The summed E-state index contributed by atoms with van der Waals surface area (Å²) < 4.78 is 0. The predicted molar refractivity (Wildman–Crippen MR) is 427 cm³/mol. The molecule has 3 fully saturated rings. The molecule has 654 valence electrons. The second-order valence-electron chi connectivity index (χ2n) is 30.1. The van der Waals surface area contributed by atoms with E-state index in [0.29, 0.717) is 70.1 Å². The third kappa shape index (κ3) is 33.5. The van der Waals surface area contributed by atoms with Crippen LogP contribution in [0.4, 0.5) is 0 Å². The molecule has 0 spiro atoms. The number of aliphatic carboxylic acids is 5. The number of rotatable bonds is 53. The number of phenolic OH excluding ortho intramolecular Hbond substituents is 1. The van der Waals surface area contributed by atoms with Gasteiger partial charge < -0.3 is 110 Å². The maximum atomic E-state index is 14.8. The molecule has 3 aliphatic heterocycles. The van der Waals surface area contributed by atoms with Gasteiger partial charge in [0.2, 0.25) is 70.9 Å². The summed E-state index contributed by atoms with van der Waals surface area (Å²) in [5.41, 5.74) is 17.4. The number of unbranched alkanes of at least 4 members (excludes halogenated alkanes) is 8. The number of phenols is 1. The SMILES string of the molecule is CC[C@H](C)[C@H](NC(=O)[C@@H]1CCCN1C(=O)[C@H](CCC(=O)O)NC(=O)[C@H](Cc1ccc(O)cc1)NC(=O)[C@H](CC(=O)O)NC(=O)CCCCCCCCCCCNC(=O)[C@H](Cc1cccs1)NC(=O)[C@H]1CCCCN1C(=O)[C@@H](N)CCCN=C(N)N)C(=O)N1CCC[C@H]1C(=O)N[C@@H](CCC(=O)O)C(=O)N[C@@H](CCC(=O)O)C(=O)N[C@@H](C)C(=O)O. The van der Waals surface area contributed by atoms with Gasteiger partial charge in [0.25, 0.3) is 0 Å². The maximum absolute atomic E-state index is 14.8. The number of carbonyl (C=O) groups excluding carboxylic acids is 12.